The summed E-state index contributed by atoms with van der Waals surface area (Å²) in [5.74, 6) is -1.07. The summed E-state index contributed by atoms with van der Waals surface area (Å²) in [4.78, 5) is 10.4. The van der Waals surface area contributed by atoms with E-state index < -0.39 is 12.0 Å². The molecule has 0 fully saturated rings. The smallest absolute Gasteiger partial charge is 0.322 e. The first-order valence-electron chi connectivity index (χ1n) is 4.18. The van der Waals surface area contributed by atoms with Crippen LogP contribution >= 0.6 is 23.2 Å². The van der Waals surface area contributed by atoms with Gasteiger partial charge in [-0.2, -0.15) is 0 Å². The number of carboxylic acid groups (broad SMARTS) is 1. The van der Waals surface area contributed by atoms with Gasteiger partial charge in [-0.05, 0) is 18.2 Å². The molecule has 0 bridgehead atoms. The first-order valence-corrected chi connectivity index (χ1v) is 4.93. The average Bonchev–Trinajstić information content (AvgIpc) is 2.18. The normalized spacial score (nSPS) is 12.2. The third-order valence-corrected chi connectivity index (χ3v) is 2.32. The van der Waals surface area contributed by atoms with Crippen LogP contribution in [-0.4, -0.2) is 23.7 Å². The molecule has 1 atom stereocenters. The van der Waals surface area contributed by atoms with Crippen LogP contribution in [0, 0.1) is 0 Å². The van der Waals surface area contributed by atoms with Gasteiger partial charge in [-0.1, -0.05) is 23.2 Å². The summed E-state index contributed by atoms with van der Waals surface area (Å²) in [5.41, 5.74) is 5.88. The Bertz CT molecular complexity index is 371. The van der Waals surface area contributed by atoms with Crippen molar-refractivity contribution in [2.75, 3.05) is 11.9 Å². The Hall–Kier alpha value is -0.970. The quantitative estimate of drug-likeness (QED) is 0.760. The van der Waals surface area contributed by atoms with Crippen LogP contribution in [0.25, 0.3) is 0 Å². The van der Waals surface area contributed by atoms with Gasteiger partial charge in [0.2, 0.25) is 0 Å². The lowest BCUT2D eigenvalue weighted by molar-refractivity contribution is -0.138. The summed E-state index contributed by atoms with van der Waals surface area (Å²) in [7, 11) is 0. The summed E-state index contributed by atoms with van der Waals surface area (Å²) in [6, 6.07) is 3.91. The van der Waals surface area contributed by atoms with Crippen molar-refractivity contribution in [3.05, 3.63) is 28.2 Å². The predicted octanol–water partition coefficient (Wildman–Crippen LogP) is 1.82. The standard InChI is InChI=1S/C9H10Cl2N2O2/c10-5-1-2-6(11)8(3-5)13-4-7(12)9(14)15/h1-3,7,13H,4,12H2,(H,14,15). The van der Waals surface area contributed by atoms with Gasteiger partial charge in [-0.3, -0.25) is 4.79 Å². The molecule has 0 aromatic heterocycles. The van der Waals surface area contributed by atoms with E-state index in [-0.39, 0.29) is 6.54 Å². The summed E-state index contributed by atoms with van der Waals surface area (Å²) in [6.07, 6.45) is 0. The largest absolute Gasteiger partial charge is 0.480 e. The number of carbonyl (C=O) groups is 1. The van der Waals surface area contributed by atoms with Crippen molar-refractivity contribution in [3.63, 3.8) is 0 Å². The lowest BCUT2D eigenvalue weighted by Crippen LogP contribution is -2.36. The average molecular weight is 249 g/mol. The zero-order chi connectivity index (χ0) is 11.4. The maximum absolute atomic E-state index is 10.4. The highest BCUT2D eigenvalue weighted by Gasteiger charge is 2.11. The number of aliphatic carboxylic acids is 1. The number of halogens is 2. The van der Waals surface area contributed by atoms with Gasteiger partial charge in [0.05, 0.1) is 10.7 Å². The number of nitrogens with two attached hydrogens (primary N) is 1. The van der Waals surface area contributed by atoms with Crippen LogP contribution in [0.15, 0.2) is 18.2 Å². The van der Waals surface area contributed by atoms with Crippen molar-refractivity contribution in [2.45, 2.75) is 6.04 Å². The van der Waals surface area contributed by atoms with E-state index in [4.69, 9.17) is 34.0 Å². The van der Waals surface area contributed by atoms with Gasteiger partial charge >= 0.3 is 5.97 Å². The second-order valence-corrected chi connectivity index (χ2v) is 3.79. The molecule has 0 amide bonds. The molecule has 1 aromatic carbocycles. The van der Waals surface area contributed by atoms with Crippen molar-refractivity contribution in [3.8, 4) is 0 Å². The van der Waals surface area contributed by atoms with Crippen LogP contribution in [0.4, 0.5) is 5.69 Å². The first-order chi connectivity index (χ1) is 7.00. The highest BCUT2D eigenvalue weighted by molar-refractivity contribution is 6.35. The van der Waals surface area contributed by atoms with Crippen molar-refractivity contribution in [1.82, 2.24) is 0 Å². The minimum absolute atomic E-state index is 0.0927. The lowest BCUT2D eigenvalue weighted by Gasteiger charge is -2.11. The Morgan fingerprint density at radius 3 is 2.80 bits per heavy atom. The van der Waals surface area contributed by atoms with E-state index in [0.29, 0.717) is 15.7 Å². The number of hydrogen-bond donors (Lipinski definition) is 3. The van der Waals surface area contributed by atoms with Crippen LogP contribution in [-0.2, 0) is 4.79 Å². The number of nitrogens with one attached hydrogen (secondary N) is 1. The van der Waals surface area contributed by atoms with Crippen molar-refractivity contribution >= 4 is 34.9 Å². The molecule has 1 aromatic rings. The van der Waals surface area contributed by atoms with E-state index >= 15 is 0 Å². The van der Waals surface area contributed by atoms with Gasteiger partial charge in [-0.25, -0.2) is 0 Å². The van der Waals surface area contributed by atoms with Gasteiger partial charge in [0.1, 0.15) is 6.04 Å². The zero-order valence-electron chi connectivity index (χ0n) is 7.71. The van der Waals surface area contributed by atoms with Crippen LogP contribution in [0.1, 0.15) is 0 Å². The number of anilines is 1. The second-order valence-electron chi connectivity index (χ2n) is 2.95. The Labute approximate surface area is 97.0 Å². The molecule has 0 saturated heterocycles. The molecule has 0 saturated carbocycles. The summed E-state index contributed by atoms with van der Waals surface area (Å²) in [5, 5.41) is 12.4. The summed E-state index contributed by atoms with van der Waals surface area (Å²) < 4.78 is 0. The van der Waals surface area contributed by atoms with Crippen LogP contribution in [0.5, 0.6) is 0 Å². The fourth-order valence-electron chi connectivity index (χ4n) is 0.940. The molecular weight excluding hydrogens is 239 g/mol. The molecule has 0 aliphatic carbocycles. The summed E-state index contributed by atoms with van der Waals surface area (Å²) in [6.45, 7) is 0.0927. The maximum atomic E-state index is 10.4. The third-order valence-electron chi connectivity index (χ3n) is 1.76. The highest BCUT2D eigenvalue weighted by Crippen LogP contribution is 2.25. The van der Waals surface area contributed by atoms with E-state index in [9.17, 15) is 4.79 Å². The van der Waals surface area contributed by atoms with Crippen molar-refractivity contribution in [1.29, 1.82) is 0 Å². The Kier molecular flexibility index (Phi) is 4.20. The molecule has 1 rings (SSSR count). The van der Waals surface area contributed by atoms with E-state index in [1.165, 1.54) is 0 Å². The fourth-order valence-corrected chi connectivity index (χ4v) is 1.30. The van der Waals surface area contributed by atoms with Gasteiger partial charge in [0, 0.05) is 11.6 Å². The molecular formula is C9H10Cl2N2O2. The molecule has 82 valence electrons. The van der Waals surface area contributed by atoms with E-state index in [1.54, 1.807) is 18.2 Å². The monoisotopic (exact) mass is 248 g/mol. The van der Waals surface area contributed by atoms with Crippen LogP contribution in [0.2, 0.25) is 10.0 Å². The minimum Gasteiger partial charge on any atom is -0.480 e. The molecule has 0 aliphatic heterocycles. The molecule has 0 spiro atoms. The van der Waals surface area contributed by atoms with Gasteiger partial charge in [0.25, 0.3) is 0 Å². The van der Waals surface area contributed by atoms with E-state index in [0.717, 1.165) is 0 Å². The number of hydrogen-bond acceptors (Lipinski definition) is 3. The number of carboxylic acids is 1. The molecule has 1 unspecified atom stereocenters. The zero-order valence-corrected chi connectivity index (χ0v) is 9.22. The SMILES string of the molecule is NC(CNc1cc(Cl)ccc1Cl)C(=O)O. The fraction of sp³-hybridized carbons (Fsp3) is 0.222. The summed E-state index contributed by atoms with van der Waals surface area (Å²) >= 11 is 11.6. The number of rotatable bonds is 4. The topological polar surface area (TPSA) is 75.3 Å². The Balaban J connectivity index is 2.65. The van der Waals surface area contributed by atoms with E-state index in [2.05, 4.69) is 5.32 Å². The van der Waals surface area contributed by atoms with Crippen molar-refractivity contribution in [2.24, 2.45) is 5.73 Å². The molecule has 0 heterocycles. The number of benzene rings is 1. The van der Waals surface area contributed by atoms with Gasteiger partial charge < -0.3 is 16.2 Å². The highest BCUT2D eigenvalue weighted by atomic mass is 35.5. The minimum atomic E-state index is -1.07. The van der Waals surface area contributed by atoms with Crippen molar-refractivity contribution < 1.29 is 9.90 Å². The lowest BCUT2D eigenvalue weighted by atomic mass is 10.3. The van der Waals surface area contributed by atoms with Gasteiger partial charge in [0.15, 0.2) is 0 Å². The molecule has 0 radical (unpaired) electrons. The van der Waals surface area contributed by atoms with Crippen LogP contribution < -0.4 is 11.1 Å². The van der Waals surface area contributed by atoms with Gasteiger partial charge in [-0.15, -0.1) is 0 Å². The maximum Gasteiger partial charge on any atom is 0.322 e. The molecule has 6 heteroatoms. The molecule has 0 aliphatic rings. The molecule has 4 N–H and O–H groups in total. The second kappa shape index (κ2) is 5.21. The Morgan fingerprint density at radius 1 is 1.53 bits per heavy atom. The predicted molar refractivity (Wildman–Crippen MR) is 60.6 cm³/mol. The first kappa shape index (κ1) is 12.1. The van der Waals surface area contributed by atoms with Crippen LogP contribution in [0.3, 0.4) is 0 Å². The van der Waals surface area contributed by atoms with E-state index in [1.807, 2.05) is 0 Å². The molecule has 4 nitrogen and oxygen atoms in total. The Morgan fingerprint density at radius 2 is 2.20 bits per heavy atom. The molecule has 15 heavy (non-hydrogen) atoms. The third kappa shape index (κ3) is 3.58.